The number of nitrogens with one attached hydrogen (secondary N) is 2. The van der Waals surface area contributed by atoms with Crippen LogP contribution in [0.4, 0.5) is 0 Å². The number of carbonyl (C=O) groups is 3. The van der Waals surface area contributed by atoms with Crippen LogP contribution in [0.2, 0.25) is 0 Å². The zero-order chi connectivity index (χ0) is 22.6. The summed E-state index contributed by atoms with van der Waals surface area (Å²) in [6, 6.07) is 16.7. The maximum absolute atomic E-state index is 12.4. The summed E-state index contributed by atoms with van der Waals surface area (Å²) < 4.78 is 0. The quantitative estimate of drug-likeness (QED) is 0.487. The van der Waals surface area contributed by atoms with Crippen molar-refractivity contribution in [2.45, 2.75) is 45.6 Å². The zero-order valence-electron chi connectivity index (χ0n) is 18.3. The van der Waals surface area contributed by atoms with Crippen LogP contribution in [0.3, 0.4) is 0 Å². The van der Waals surface area contributed by atoms with Gasteiger partial charge in [-0.05, 0) is 30.0 Å². The molecule has 0 radical (unpaired) electrons. The van der Waals surface area contributed by atoms with Crippen LogP contribution in [-0.2, 0) is 27.2 Å². The minimum absolute atomic E-state index is 0.0780. The highest BCUT2D eigenvalue weighted by molar-refractivity contribution is 5.85. The zero-order valence-corrected chi connectivity index (χ0v) is 18.3. The van der Waals surface area contributed by atoms with Gasteiger partial charge in [0, 0.05) is 25.4 Å². The molecule has 0 saturated carbocycles. The van der Waals surface area contributed by atoms with Gasteiger partial charge in [0.2, 0.25) is 11.8 Å². The lowest BCUT2D eigenvalue weighted by atomic mass is 9.98. The maximum Gasteiger partial charge on any atom is 0.224 e. The number of aryl methyl sites for hydroxylation is 1. The van der Waals surface area contributed by atoms with Gasteiger partial charge in [0.1, 0.15) is 5.78 Å². The predicted octanol–water partition coefficient (Wildman–Crippen LogP) is 2.36. The van der Waals surface area contributed by atoms with Crippen molar-refractivity contribution in [1.29, 1.82) is 0 Å². The van der Waals surface area contributed by atoms with E-state index in [-0.39, 0.29) is 56.1 Å². The molecule has 6 nitrogen and oxygen atoms in total. The Morgan fingerprint density at radius 1 is 0.935 bits per heavy atom. The lowest BCUT2D eigenvalue weighted by Crippen LogP contribution is -2.41. The third kappa shape index (κ3) is 8.34. The van der Waals surface area contributed by atoms with Gasteiger partial charge in [-0.2, -0.15) is 0 Å². The van der Waals surface area contributed by atoms with Crippen molar-refractivity contribution >= 4 is 17.6 Å². The molecule has 0 fully saturated rings. The third-order valence-corrected chi connectivity index (χ3v) is 5.34. The van der Waals surface area contributed by atoms with Crippen LogP contribution in [0, 0.1) is 12.8 Å². The second-order valence-corrected chi connectivity index (χ2v) is 7.79. The normalized spacial score (nSPS) is 12.6. The van der Waals surface area contributed by atoms with Crippen LogP contribution < -0.4 is 10.6 Å². The Kier molecular flexibility index (Phi) is 9.91. The van der Waals surface area contributed by atoms with Gasteiger partial charge in [-0.25, -0.2) is 0 Å². The molecule has 2 unspecified atom stereocenters. The fourth-order valence-corrected chi connectivity index (χ4v) is 3.31. The van der Waals surface area contributed by atoms with Crippen molar-refractivity contribution in [3.63, 3.8) is 0 Å². The largest absolute Gasteiger partial charge is 0.396 e. The first-order chi connectivity index (χ1) is 14.9. The van der Waals surface area contributed by atoms with E-state index in [0.717, 1.165) is 16.7 Å². The van der Waals surface area contributed by atoms with Crippen LogP contribution in [0.25, 0.3) is 0 Å². The minimum atomic E-state index is -0.653. The molecule has 0 saturated heterocycles. The van der Waals surface area contributed by atoms with Gasteiger partial charge < -0.3 is 15.7 Å². The molecule has 6 heteroatoms. The molecule has 31 heavy (non-hydrogen) atoms. The van der Waals surface area contributed by atoms with Crippen molar-refractivity contribution in [2.75, 3.05) is 13.2 Å². The summed E-state index contributed by atoms with van der Waals surface area (Å²) in [5.74, 6) is -1.15. The van der Waals surface area contributed by atoms with E-state index < -0.39 is 5.92 Å². The highest BCUT2D eigenvalue weighted by Crippen LogP contribution is 2.09. The van der Waals surface area contributed by atoms with Gasteiger partial charge >= 0.3 is 0 Å². The Labute approximate surface area is 184 Å². The molecular weight excluding hydrogens is 392 g/mol. The Morgan fingerprint density at radius 3 is 2.26 bits per heavy atom. The van der Waals surface area contributed by atoms with E-state index >= 15 is 0 Å². The number of Topliss-reactive ketones (excluding diaryl/α,β-unsaturated/α-hetero) is 1. The van der Waals surface area contributed by atoms with Crippen LogP contribution in [0.15, 0.2) is 54.6 Å². The Bertz CT molecular complexity index is 867. The standard InChI is InChI=1S/C25H32N2O4/c1-3-22(27-25(31)14-20-12-8-7-9-18(20)2)15-24(30)26-16-21(17-28)23(29)13-19-10-5-4-6-11-19/h4-12,21-22,28H,3,13-17H2,1-2H3,(H,26,30)(H,27,31). The fourth-order valence-electron chi connectivity index (χ4n) is 3.31. The van der Waals surface area contributed by atoms with E-state index in [0.29, 0.717) is 6.42 Å². The van der Waals surface area contributed by atoms with Crippen LogP contribution in [0.5, 0.6) is 0 Å². The Balaban J connectivity index is 1.80. The minimum Gasteiger partial charge on any atom is -0.396 e. The van der Waals surface area contributed by atoms with Crippen molar-refractivity contribution in [3.05, 3.63) is 71.3 Å². The highest BCUT2D eigenvalue weighted by Gasteiger charge is 2.20. The lowest BCUT2D eigenvalue weighted by Gasteiger charge is -2.19. The number of benzene rings is 2. The Hall–Kier alpha value is -2.99. The van der Waals surface area contributed by atoms with E-state index in [9.17, 15) is 19.5 Å². The molecular formula is C25H32N2O4. The molecule has 2 aromatic rings. The van der Waals surface area contributed by atoms with Crippen molar-refractivity contribution in [2.24, 2.45) is 5.92 Å². The highest BCUT2D eigenvalue weighted by atomic mass is 16.3. The summed E-state index contributed by atoms with van der Waals surface area (Å²) in [5.41, 5.74) is 2.89. The molecule has 0 aromatic heterocycles. The number of amides is 2. The summed E-state index contributed by atoms with van der Waals surface area (Å²) in [5, 5.41) is 15.2. The first kappa shape index (κ1) is 24.3. The maximum atomic E-state index is 12.4. The molecule has 0 spiro atoms. The van der Waals surface area contributed by atoms with Gasteiger partial charge in [0.25, 0.3) is 0 Å². The number of ketones is 1. The molecule has 2 atom stereocenters. The van der Waals surface area contributed by atoms with Gasteiger partial charge in [-0.3, -0.25) is 14.4 Å². The van der Waals surface area contributed by atoms with Gasteiger partial charge in [-0.1, -0.05) is 61.5 Å². The number of rotatable bonds is 12. The Morgan fingerprint density at radius 2 is 1.61 bits per heavy atom. The topological polar surface area (TPSA) is 95.5 Å². The molecule has 2 aromatic carbocycles. The van der Waals surface area contributed by atoms with Gasteiger partial charge in [0.15, 0.2) is 0 Å². The second kappa shape index (κ2) is 12.6. The summed E-state index contributed by atoms with van der Waals surface area (Å²) in [4.78, 5) is 37.1. The first-order valence-electron chi connectivity index (χ1n) is 10.7. The molecule has 0 heterocycles. The summed E-state index contributed by atoms with van der Waals surface area (Å²) in [6.45, 7) is 3.63. The van der Waals surface area contributed by atoms with E-state index in [1.807, 2.05) is 68.4 Å². The summed E-state index contributed by atoms with van der Waals surface area (Å²) in [6.07, 6.45) is 1.23. The smallest absolute Gasteiger partial charge is 0.224 e. The van der Waals surface area contributed by atoms with Crippen LogP contribution in [-0.4, -0.2) is 41.9 Å². The summed E-state index contributed by atoms with van der Waals surface area (Å²) in [7, 11) is 0. The monoisotopic (exact) mass is 424 g/mol. The third-order valence-electron chi connectivity index (χ3n) is 5.34. The van der Waals surface area contributed by atoms with Crippen LogP contribution >= 0.6 is 0 Å². The van der Waals surface area contributed by atoms with E-state index in [1.165, 1.54) is 0 Å². The number of hydrogen-bond acceptors (Lipinski definition) is 4. The molecule has 0 aliphatic carbocycles. The molecule has 2 amide bonds. The SMILES string of the molecule is CCC(CC(=O)NCC(CO)C(=O)Cc1ccccc1)NC(=O)Cc1ccccc1C. The number of carbonyl (C=O) groups excluding carboxylic acids is 3. The van der Waals surface area contributed by atoms with Crippen molar-refractivity contribution < 1.29 is 19.5 Å². The molecule has 0 bridgehead atoms. The molecule has 0 aliphatic heterocycles. The molecule has 0 aliphatic rings. The number of aliphatic hydroxyl groups excluding tert-OH is 1. The van der Waals surface area contributed by atoms with Gasteiger partial charge in [0.05, 0.1) is 18.9 Å². The second-order valence-electron chi connectivity index (χ2n) is 7.79. The van der Waals surface area contributed by atoms with E-state index in [4.69, 9.17) is 0 Å². The number of aliphatic hydroxyl groups is 1. The van der Waals surface area contributed by atoms with Crippen molar-refractivity contribution in [3.8, 4) is 0 Å². The van der Waals surface area contributed by atoms with Gasteiger partial charge in [-0.15, -0.1) is 0 Å². The van der Waals surface area contributed by atoms with Crippen LogP contribution in [0.1, 0.15) is 36.5 Å². The summed E-state index contributed by atoms with van der Waals surface area (Å²) >= 11 is 0. The average molecular weight is 425 g/mol. The van der Waals surface area contributed by atoms with E-state index in [2.05, 4.69) is 10.6 Å². The average Bonchev–Trinajstić information content (AvgIpc) is 2.76. The van der Waals surface area contributed by atoms with E-state index in [1.54, 1.807) is 0 Å². The fraction of sp³-hybridized carbons (Fsp3) is 0.400. The molecule has 2 rings (SSSR count). The molecule has 3 N–H and O–H groups in total. The number of hydrogen-bond donors (Lipinski definition) is 3. The van der Waals surface area contributed by atoms with Crippen molar-refractivity contribution in [1.82, 2.24) is 10.6 Å². The molecule has 166 valence electrons. The first-order valence-corrected chi connectivity index (χ1v) is 10.7. The lowest BCUT2D eigenvalue weighted by molar-refractivity contribution is -0.124. The predicted molar refractivity (Wildman–Crippen MR) is 120 cm³/mol.